The van der Waals surface area contributed by atoms with Crippen LogP contribution >= 0.6 is 0 Å². The third kappa shape index (κ3) is 3.26. The molecule has 1 N–H and O–H groups in total. The lowest BCUT2D eigenvalue weighted by Gasteiger charge is -2.35. The van der Waals surface area contributed by atoms with Gasteiger partial charge in [0.2, 0.25) is 0 Å². The molecular formula is C15H21NO3. The number of rotatable bonds is 4. The van der Waals surface area contributed by atoms with Crippen LogP contribution in [0.1, 0.15) is 30.9 Å². The van der Waals surface area contributed by atoms with Crippen LogP contribution in [0, 0.1) is 0 Å². The lowest BCUT2D eigenvalue weighted by molar-refractivity contribution is 0.0599. The molecule has 104 valence electrons. The summed E-state index contributed by atoms with van der Waals surface area (Å²) in [6.07, 6.45) is 2.25. The number of ether oxygens (including phenoxy) is 1. The Morgan fingerprint density at radius 2 is 2.16 bits per heavy atom. The fraction of sp³-hybridized carbons (Fsp3) is 0.533. The standard InChI is InChI=1S/C15H21NO3/c1-2-3-8-19-15(18)16-10-13-7-5-4-6-12(13)9-14(16)11-17/h4-7,14,17H,2-3,8-11H2,1H3/t14-/m0/s1. The van der Waals surface area contributed by atoms with Gasteiger partial charge in [-0.2, -0.15) is 0 Å². The summed E-state index contributed by atoms with van der Waals surface area (Å²) in [6, 6.07) is 7.86. The summed E-state index contributed by atoms with van der Waals surface area (Å²) in [5.41, 5.74) is 2.35. The summed E-state index contributed by atoms with van der Waals surface area (Å²) in [5.74, 6) is 0. The highest BCUT2D eigenvalue weighted by atomic mass is 16.6. The number of amides is 1. The Morgan fingerprint density at radius 3 is 2.84 bits per heavy atom. The van der Waals surface area contributed by atoms with E-state index in [9.17, 15) is 9.90 Å². The molecule has 1 amide bonds. The number of benzene rings is 1. The number of carbonyl (C=O) groups is 1. The summed E-state index contributed by atoms with van der Waals surface area (Å²) in [4.78, 5) is 13.7. The van der Waals surface area contributed by atoms with Crippen molar-refractivity contribution in [2.75, 3.05) is 13.2 Å². The van der Waals surface area contributed by atoms with Crippen molar-refractivity contribution in [3.63, 3.8) is 0 Å². The fourth-order valence-electron chi connectivity index (χ4n) is 2.35. The number of fused-ring (bicyclic) bond motifs is 1. The second-order valence-electron chi connectivity index (χ2n) is 4.91. The number of unbranched alkanes of at least 4 members (excludes halogenated alkanes) is 1. The lowest BCUT2D eigenvalue weighted by atomic mass is 9.95. The SMILES string of the molecule is CCCCOC(=O)N1Cc2ccccc2C[C@H]1CO. The summed E-state index contributed by atoms with van der Waals surface area (Å²) in [5, 5.41) is 9.46. The van der Waals surface area contributed by atoms with Gasteiger partial charge in [0.25, 0.3) is 0 Å². The molecule has 19 heavy (non-hydrogen) atoms. The molecule has 1 heterocycles. The minimum Gasteiger partial charge on any atom is -0.449 e. The maximum absolute atomic E-state index is 12.0. The van der Waals surface area contributed by atoms with Crippen LogP contribution in [0.5, 0.6) is 0 Å². The van der Waals surface area contributed by atoms with Crippen LogP contribution in [0.25, 0.3) is 0 Å². The van der Waals surface area contributed by atoms with Crippen molar-refractivity contribution in [1.29, 1.82) is 0 Å². The number of hydrogen-bond acceptors (Lipinski definition) is 3. The van der Waals surface area contributed by atoms with Gasteiger partial charge in [-0.3, -0.25) is 4.90 Å². The van der Waals surface area contributed by atoms with Gasteiger partial charge >= 0.3 is 6.09 Å². The van der Waals surface area contributed by atoms with Crippen molar-refractivity contribution in [2.45, 2.75) is 38.8 Å². The van der Waals surface area contributed by atoms with E-state index >= 15 is 0 Å². The van der Waals surface area contributed by atoms with Gasteiger partial charge in [-0.15, -0.1) is 0 Å². The zero-order chi connectivity index (χ0) is 13.7. The van der Waals surface area contributed by atoms with E-state index in [1.807, 2.05) is 18.2 Å². The van der Waals surface area contributed by atoms with E-state index < -0.39 is 0 Å². The van der Waals surface area contributed by atoms with Crippen LogP contribution in [0.4, 0.5) is 4.79 Å². The highest BCUT2D eigenvalue weighted by molar-refractivity contribution is 5.68. The first-order valence-corrected chi connectivity index (χ1v) is 6.87. The van der Waals surface area contributed by atoms with Crippen molar-refractivity contribution in [1.82, 2.24) is 4.90 Å². The van der Waals surface area contributed by atoms with E-state index in [0.717, 1.165) is 18.4 Å². The minimum absolute atomic E-state index is 0.0305. The van der Waals surface area contributed by atoms with Crippen molar-refractivity contribution in [2.24, 2.45) is 0 Å². The van der Waals surface area contributed by atoms with Gasteiger partial charge in [-0.05, 0) is 24.0 Å². The molecule has 0 radical (unpaired) electrons. The Kier molecular flexibility index (Phi) is 4.80. The molecule has 0 bridgehead atoms. The van der Waals surface area contributed by atoms with Gasteiger partial charge < -0.3 is 9.84 Å². The maximum atomic E-state index is 12.0. The molecule has 1 aliphatic heterocycles. The number of aliphatic hydroxyl groups is 1. The van der Waals surface area contributed by atoms with Gasteiger partial charge in [0, 0.05) is 6.54 Å². The Hall–Kier alpha value is -1.55. The van der Waals surface area contributed by atoms with E-state index in [4.69, 9.17) is 4.74 Å². The molecule has 1 aliphatic rings. The summed E-state index contributed by atoms with van der Waals surface area (Å²) in [6.45, 7) is 3.00. The first-order valence-electron chi connectivity index (χ1n) is 6.87. The molecule has 0 fully saturated rings. The zero-order valence-electron chi connectivity index (χ0n) is 11.3. The smallest absolute Gasteiger partial charge is 0.410 e. The first-order chi connectivity index (χ1) is 9.26. The van der Waals surface area contributed by atoms with Crippen LogP contribution in [-0.2, 0) is 17.7 Å². The molecule has 1 aromatic carbocycles. The molecule has 4 heteroatoms. The normalized spacial score (nSPS) is 18.0. The summed E-state index contributed by atoms with van der Waals surface area (Å²) >= 11 is 0. The monoisotopic (exact) mass is 263 g/mol. The Balaban J connectivity index is 2.05. The quantitative estimate of drug-likeness (QED) is 0.848. The topological polar surface area (TPSA) is 49.8 Å². The van der Waals surface area contributed by atoms with Crippen LogP contribution in [-0.4, -0.2) is 35.4 Å². The summed E-state index contributed by atoms with van der Waals surface area (Å²) < 4.78 is 5.24. The highest BCUT2D eigenvalue weighted by Gasteiger charge is 2.29. The highest BCUT2D eigenvalue weighted by Crippen LogP contribution is 2.23. The Bertz CT molecular complexity index is 433. The van der Waals surface area contributed by atoms with Gasteiger partial charge in [0.05, 0.1) is 19.3 Å². The number of hydrogen-bond donors (Lipinski definition) is 1. The Labute approximate surface area is 114 Å². The molecule has 0 aliphatic carbocycles. The lowest BCUT2D eigenvalue weighted by Crippen LogP contribution is -2.46. The number of carbonyl (C=O) groups excluding carboxylic acids is 1. The summed E-state index contributed by atoms with van der Waals surface area (Å²) in [7, 11) is 0. The third-order valence-electron chi connectivity index (χ3n) is 3.52. The number of nitrogens with zero attached hydrogens (tertiary/aromatic N) is 1. The van der Waals surface area contributed by atoms with Crippen molar-refractivity contribution >= 4 is 6.09 Å². The van der Waals surface area contributed by atoms with Crippen LogP contribution in [0.2, 0.25) is 0 Å². The van der Waals surface area contributed by atoms with E-state index in [1.54, 1.807) is 4.90 Å². The molecule has 0 saturated carbocycles. The molecule has 0 spiro atoms. The van der Waals surface area contributed by atoms with Crippen molar-refractivity contribution in [3.05, 3.63) is 35.4 Å². The van der Waals surface area contributed by atoms with Gasteiger partial charge in [-0.1, -0.05) is 37.6 Å². The predicted octanol–water partition coefficient (Wildman–Crippen LogP) is 2.34. The second-order valence-corrected chi connectivity index (χ2v) is 4.91. The van der Waals surface area contributed by atoms with E-state index in [1.165, 1.54) is 5.56 Å². The van der Waals surface area contributed by atoms with E-state index in [-0.39, 0.29) is 18.7 Å². The van der Waals surface area contributed by atoms with Crippen LogP contribution in [0.15, 0.2) is 24.3 Å². The third-order valence-corrected chi connectivity index (χ3v) is 3.52. The largest absolute Gasteiger partial charge is 0.449 e. The van der Waals surface area contributed by atoms with E-state index in [0.29, 0.717) is 19.6 Å². The average molecular weight is 263 g/mol. The molecule has 2 rings (SSSR count). The van der Waals surface area contributed by atoms with Crippen molar-refractivity contribution in [3.8, 4) is 0 Å². The first kappa shape index (κ1) is 13.9. The molecule has 1 aromatic rings. The van der Waals surface area contributed by atoms with E-state index in [2.05, 4.69) is 13.0 Å². The van der Waals surface area contributed by atoms with Crippen molar-refractivity contribution < 1.29 is 14.6 Å². The number of aliphatic hydroxyl groups excluding tert-OH is 1. The molecule has 4 nitrogen and oxygen atoms in total. The molecule has 0 aromatic heterocycles. The zero-order valence-corrected chi connectivity index (χ0v) is 11.3. The van der Waals surface area contributed by atoms with Gasteiger partial charge in [0.1, 0.15) is 0 Å². The molecule has 1 atom stereocenters. The van der Waals surface area contributed by atoms with Crippen LogP contribution in [0.3, 0.4) is 0 Å². The average Bonchev–Trinajstić information content (AvgIpc) is 2.46. The molecule has 0 saturated heterocycles. The second kappa shape index (κ2) is 6.57. The minimum atomic E-state index is -0.318. The van der Waals surface area contributed by atoms with Gasteiger partial charge in [-0.25, -0.2) is 4.79 Å². The Morgan fingerprint density at radius 1 is 1.42 bits per heavy atom. The van der Waals surface area contributed by atoms with Gasteiger partial charge in [0.15, 0.2) is 0 Å². The fourth-order valence-corrected chi connectivity index (χ4v) is 2.35. The molecule has 0 unspecified atom stereocenters. The maximum Gasteiger partial charge on any atom is 0.410 e. The molecular weight excluding hydrogens is 242 g/mol. The predicted molar refractivity (Wildman–Crippen MR) is 72.8 cm³/mol. The van der Waals surface area contributed by atoms with Crippen LogP contribution < -0.4 is 0 Å².